The zero-order chi connectivity index (χ0) is 8.10. The first-order valence-corrected chi connectivity index (χ1v) is 4.40. The van der Waals surface area contributed by atoms with Crippen LogP contribution in [0.2, 0.25) is 0 Å². The molecule has 0 bridgehead atoms. The molecule has 64 valence electrons. The molecule has 1 atom stereocenters. The van der Waals surface area contributed by atoms with Gasteiger partial charge in [-0.3, -0.25) is 4.90 Å². The van der Waals surface area contributed by atoms with Crippen LogP contribution in [0.5, 0.6) is 0 Å². The highest BCUT2D eigenvalue weighted by Crippen LogP contribution is 2.04. The van der Waals surface area contributed by atoms with Gasteiger partial charge in [0.25, 0.3) is 0 Å². The van der Waals surface area contributed by atoms with E-state index in [9.17, 15) is 0 Å². The van der Waals surface area contributed by atoms with Gasteiger partial charge in [0.2, 0.25) is 0 Å². The van der Waals surface area contributed by atoms with Crippen molar-refractivity contribution in [3.8, 4) is 0 Å². The topological polar surface area (TPSA) is 15.3 Å². The molecule has 1 unspecified atom stereocenters. The van der Waals surface area contributed by atoms with Gasteiger partial charge in [0.05, 0.1) is 0 Å². The van der Waals surface area contributed by atoms with Crippen molar-refractivity contribution >= 4 is 0 Å². The molecule has 1 N–H and O–H groups in total. The monoisotopic (exact) mass is 154 g/mol. The molecule has 2 heteroatoms. The van der Waals surface area contributed by atoms with E-state index >= 15 is 0 Å². The molecule has 0 amide bonds. The van der Waals surface area contributed by atoms with Crippen LogP contribution in [0.3, 0.4) is 0 Å². The molecular formula is C9H18N2. The van der Waals surface area contributed by atoms with Gasteiger partial charge < -0.3 is 5.32 Å². The lowest BCUT2D eigenvalue weighted by molar-refractivity contribution is 0.185. The Bertz CT molecular complexity index is 117. The molecular weight excluding hydrogens is 136 g/mol. The highest BCUT2D eigenvalue weighted by Gasteiger charge is 2.14. The highest BCUT2D eigenvalue weighted by molar-refractivity contribution is 4.79. The second-order valence-corrected chi connectivity index (χ2v) is 3.16. The summed E-state index contributed by atoms with van der Waals surface area (Å²) in [5.41, 5.74) is 0. The van der Waals surface area contributed by atoms with Crippen LogP contribution in [0.25, 0.3) is 0 Å². The van der Waals surface area contributed by atoms with Gasteiger partial charge in [-0.25, -0.2) is 0 Å². The van der Waals surface area contributed by atoms with Crippen molar-refractivity contribution in [1.29, 1.82) is 0 Å². The molecule has 1 aliphatic heterocycles. The maximum absolute atomic E-state index is 3.75. The first kappa shape index (κ1) is 8.75. The summed E-state index contributed by atoms with van der Waals surface area (Å²) in [6.07, 6.45) is 3.12. The molecule has 0 aromatic rings. The normalized spacial score (nSPS) is 23.0. The summed E-state index contributed by atoms with van der Waals surface area (Å²) >= 11 is 0. The highest BCUT2D eigenvalue weighted by atomic mass is 15.2. The van der Waals surface area contributed by atoms with Gasteiger partial charge in [-0.2, -0.15) is 0 Å². The summed E-state index contributed by atoms with van der Waals surface area (Å²) in [4.78, 5) is 2.51. The van der Waals surface area contributed by atoms with Crippen LogP contribution in [0.4, 0.5) is 0 Å². The minimum absolute atomic E-state index is 0.676. The Labute approximate surface area is 69.3 Å². The Morgan fingerprint density at radius 3 is 2.73 bits per heavy atom. The lowest BCUT2D eigenvalue weighted by Gasteiger charge is -2.32. The minimum Gasteiger partial charge on any atom is -0.314 e. The van der Waals surface area contributed by atoms with Crippen LogP contribution >= 0.6 is 0 Å². The maximum atomic E-state index is 3.75. The van der Waals surface area contributed by atoms with Crippen LogP contribution in [0.15, 0.2) is 12.7 Å². The molecule has 2 nitrogen and oxygen atoms in total. The average Bonchev–Trinajstić information content (AvgIpc) is 2.07. The fourth-order valence-electron chi connectivity index (χ4n) is 1.51. The van der Waals surface area contributed by atoms with Gasteiger partial charge in [0.15, 0.2) is 0 Å². The third-order valence-corrected chi connectivity index (χ3v) is 2.28. The fourth-order valence-corrected chi connectivity index (χ4v) is 1.51. The number of hydrogen-bond acceptors (Lipinski definition) is 2. The largest absolute Gasteiger partial charge is 0.314 e. The lowest BCUT2D eigenvalue weighted by Crippen LogP contribution is -2.47. The third kappa shape index (κ3) is 2.64. The molecule has 11 heavy (non-hydrogen) atoms. The standard InChI is InChI=1S/C9H18N2/c1-3-4-9(2)11-7-5-10-6-8-11/h3,9-10H,1,4-8H2,2H3. The van der Waals surface area contributed by atoms with E-state index in [1.807, 2.05) is 6.08 Å². The molecule has 0 aromatic carbocycles. The quantitative estimate of drug-likeness (QED) is 0.606. The molecule has 0 aromatic heterocycles. The Morgan fingerprint density at radius 2 is 2.18 bits per heavy atom. The summed E-state index contributed by atoms with van der Waals surface area (Å²) in [6, 6.07) is 0.676. The summed E-state index contributed by atoms with van der Waals surface area (Å²) in [5.74, 6) is 0. The van der Waals surface area contributed by atoms with Crippen LogP contribution in [0.1, 0.15) is 13.3 Å². The lowest BCUT2D eigenvalue weighted by atomic mass is 10.2. The van der Waals surface area contributed by atoms with Crippen molar-refractivity contribution in [3.05, 3.63) is 12.7 Å². The zero-order valence-corrected chi connectivity index (χ0v) is 7.34. The number of piperazine rings is 1. The average molecular weight is 154 g/mol. The summed E-state index contributed by atoms with van der Waals surface area (Å²) in [5, 5.41) is 3.34. The SMILES string of the molecule is C=CCC(C)N1CCNCC1. The van der Waals surface area contributed by atoms with E-state index in [0.29, 0.717) is 6.04 Å². The van der Waals surface area contributed by atoms with Crippen molar-refractivity contribution in [2.45, 2.75) is 19.4 Å². The summed E-state index contributed by atoms with van der Waals surface area (Å²) in [6.45, 7) is 10.7. The van der Waals surface area contributed by atoms with E-state index in [1.165, 1.54) is 13.1 Å². The fraction of sp³-hybridized carbons (Fsp3) is 0.778. The Balaban J connectivity index is 2.26. The molecule has 0 spiro atoms. The third-order valence-electron chi connectivity index (χ3n) is 2.28. The molecule has 1 fully saturated rings. The second kappa shape index (κ2) is 4.52. The summed E-state index contributed by atoms with van der Waals surface area (Å²) in [7, 11) is 0. The molecule has 0 radical (unpaired) electrons. The van der Waals surface area contributed by atoms with Crippen molar-refractivity contribution in [2.75, 3.05) is 26.2 Å². The first-order chi connectivity index (χ1) is 5.34. The van der Waals surface area contributed by atoms with E-state index in [0.717, 1.165) is 19.5 Å². The predicted molar refractivity (Wildman–Crippen MR) is 48.7 cm³/mol. The number of hydrogen-bond donors (Lipinski definition) is 1. The number of rotatable bonds is 3. The van der Waals surface area contributed by atoms with E-state index in [1.54, 1.807) is 0 Å². The van der Waals surface area contributed by atoms with Crippen LogP contribution < -0.4 is 5.32 Å². The van der Waals surface area contributed by atoms with Gasteiger partial charge >= 0.3 is 0 Å². The van der Waals surface area contributed by atoms with Gasteiger partial charge in [-0.1, -0.05) is 6.08 Å². The molecule has 1 aliphatic rings. The summed E-state index contributed by atoms with van der Waals surface area (Å²) < 4.78 is 0. The van der Waals surface area contributed by atoms with E-state index in [-0.39, 0.29) is 0 Å². The molecule has 1 saturated heterocycles. The Hall–Kier alpha value is -0.340. The van der Waals surface area contributed by atoms with Crippen LogP contribution in [0, 0.1) is 0 Å². The van der Waals surface area contributed by atoms with Crippen molar-refractivity contribution < 1.29 is 0 Å². The van der Waals surface area contributed by atoms with Gasteiger partial charge in [-0.15, -0.1) is 6.58 Å². The zero-order valence-electron chi connectivity index (χ0n) is 7.34. The van der Waals surface area contributed by atoms with E-state index in [2.05, 4.69) is 23.7 Å². The van der Waals surface area contributed by atoms with Crippen molar-refractivity contribution in [1.82, 2.24) is 10.2 Å². The number of nitrogens with zero attached hydrogens (tertiary/aromatic N) is 1. The van der Waals surface area contributed by atoms with Crippen LogP contribution in [-0.2, 0) is 0 Å². The van der Waals surface area contributed by atoms with Gasteiger partial charge in [0, 0.05) is 32.2 Å². The Morgan fingerprint density at radius 1 is 1.55 bits per heavy atom. The van der Waals surface area contributed by atoms with Gasteiger partial charge in [0.1, 0.15) is 0 Å². The first-order valence-electron chi connectivity index (χ1n) is 4.40. The van der Waals surface area contributed by atoms with Crippen molar-refractivity contribution in [3.63, 3.8) is 0 Å². The van der Waals surface area contributed by atoms with Crippen LogP contribution in [-0.4, -0.2) is 37.1 Å². The molecule has 1 rings (SSSR count). The minimum atomic E-state index is 0.676. The Kier molecular flexibility index (Phi) is 3.60. The smallest absolute Gasteiger partial charge is 0.0110 e. The number of nitrogens with one attached hydrogen (secondary N) is 1. The molecule has 0 saturated carbocycles. The predicted octanol–water partition coefficient (Wildman–Crippen LogP) is 0.856. The molecule has 1 heterocycles. The molecule has 0 aliphatic carbocycles. The van der Waals surface area contributed by atoms with E-state index in [4.69, 9.17) is 0 Å². The maximum Gasteiger partial charge on any atom is 0.0110 e. The van der Waals surface area contributed by atoms with Gasteiger partial charge in [-0.05, 0) is 13.3 Å². The van der Waals surface area contributed by atoms with Crippen molar-refractivity contribution in [2.24, 2.45) is 0 Å². The van der Waals surface area contributed by atoms with E-state index < -0.39 is 0 Å². The second-order valence-electron chi connectivity index (χ2n) is 3.16.